The lowest BCUT2D eigenvalue weighted by atomic mass is 10.0. The second kappa shape index (κ2) is 5.91. The van der Waals surface area contributed by atoms with E-state index in [0.717, 1.165) is 41.4 Å². The third-order valence-corrected chi connectivity index (χ3v) is 5.53. The van der Waals surface area contributed by atoms with Crippen LogP contribution in [0.15, 0.2) is 24.8 Å². The highest BCUT2D eigenvalue weighted by molar-refractivity contribution is 5.69. The number of aryl methyl sites for hydroxylation is 1. The van der Waals surface area contributed by atoms with Gasteiger partial charge in [0.2, 0.25) is 0 Å². The highest BCUT2D eigenvalue weighted by Gasteiger charge is 2.28. The summed E-state index contributed by atoms with van der Waals surface area (Å²) in [6.45, 7) is 3.65. The maximum Gasteiger partial charge on any atom is 0.197 e. The zero-order valence-corrected chi connectivity index (χ0v) is 14.5. The van der Waals surface area contributed by atoms with Crippen molar-refractivity contribution in [2.24, 2.45) is 13.0 Å². The fourth-order valence-corrected chi connectivity index (χ4v) is 3.87. The average Bonchev–Trinajstić information content (AvgIpc) is 3.18. The Morgan fingerprint density at radius 3 is 2.68 bits per heavy atom. The summed E-state index contributed by atoms with van der Waals surface area (Å²) in [6, 6.07) is 2.43. The van der Waals surface area contributed by atoms with Gasteiger partial charge in [-0.05, 0) is 37.7 Å². The largest absolute Gasteiger partial charge is 0.311 e. The van der Waals surface area contributed by atoms with Crippen molar-refractivity contribution in [2.45, 2.75) is 31.7 Å². The van der Waals surface area contributed by atoms with Gasteiger partial charge in [-0.15, -0.1) is 0 Å². The third kappa shape index (κ3) is 2.82. The molecule has 0 atom stereocenters. The highest BCUT2D eigenvalue weighted by Crippen LogP contribution is 2.32. The number of hydrogen-bond acceptors (Lipinski definition) is 5. The number of likely N-dealkylation sites (tertiary alicyclic amines) is 1. The van der Waals surface area contributed by atoms with Gasteiger partial charge in [0, 0.05) is 38.9 Å². The maximum atomic E-state index is 4.85. The van der Waals surface area contributed by atoms with Crippen molar-refractivity contribution in [1.29, 1.82) is 0 Å². The van der Waals surface area contributed by atoms with E-state index in [1.165, 1.54) is 32.5 Å². The first kappa shape index (κ1) is 15.0. The van der Waals surface area contributed by atoms with Crippen LogP contribution < -0.4 is 0 Å². The number of nitrogens with zero attached hydrogens (tertiary/aromatic N) is 7. The second-order valence-corrected chi connectivity index (χ2v) is 7.37. The third-order valence-electron chi connectivity index (χ3n) is 5.53. The molecule has 4 heterocycles. The minimum Gasteiger partial charge on any atom is -0.311 e. The molecule has 7 heteroatoms. The molecule has 0 unspecified atom stereocenters. The van der Waals surface area contributed by atoms with Gasteiger partial charge in [-0.25, -0.2) is 15.0 Å². The van der Waals surface area contributed by atoms with Crippen LogP contribution in [0.25, 0.3) is 22.7 Å². The Hall–Kier alpha value is -2.28. The smallest absolute Gasteiger partial charge is 0.197 e. The van der Waals surface area contributed by atoms with Crippen LogP contribution in [0.1, 0.15) is 31.7 Å². The highest BCUT2D eigenvalue weighted by atomic mass is 15.3. The van der Waals surface area contributed by atoms with Crippen LogP contribution in [0.5, 0.6) is 0 Å². The summed E-state index contributed by atoms with van der Waals surface area (Å²) in [5.41, 5.74) is 3.44. The molecule has 0 amide bonds. The maximum absolute atomic E-state index is 4.85. The Bertz CT molecular complexity index is 884. The van der Waals surface area contributed by atoms with Crippen molar-refractivity contribution in [3.63, 3.8) is 0 Å². The van der Waals surface area contributed by atoms with Crippen LogP contribution in [0.4, 0.5) is 0 Å². The predicted molar refractivity (Wildman–Crippen MR) is 95.0 cm³/mol. The molecule has 130 valence electrons. The molecule has 3 aromatic rings. The van der Waals surface area contributed by atoms with Crippen molar-refractivity contribution in [3.8, 4) is 11.4 Å². The lowest BCUT2D eigenvalue weighted by Gasteiger charge is -2.32. The fraction of sp³-hybridized carbons (Fsp3) is 0.556. The number of piperidine rings is 1. The lowest BCUT2D eigenvalue weighted by Crippen LogP contribution is -2.35. The van der Waals surface area contributed by atoms with Gasteiger partial charge in [0.15, 0.2) is 11.3 Å². The Labute approximate surface area is 146 Å². The molecule has 1 aliphatic carbocycles. The van der Waals surface area contributed by atoms with Gasteiger partial charge >= 0.3 is 0 Å². The summed E-state index contributed by atoms with van der Waals surface area (Å²) >= 11 is 0. The molecule has 7 nitrogen and oxygen atoms in total. The molecular formula is C18H23N7. The molecular weight excluding hydrogens is 314 g/mol. The second-order valence-electron chi connectivity index (χ2n) is 7.37. The summed E-state index contributed by atoms with van der Waals surface area (Å²) in [6.07, 6.45) is 10.7. The summed E-state index contributed by atoms with van der Waals surface area (Å²) in [4.78, 5) is 16.5. The Morgan fingerprint density at radius 1 is 1.12 bits per heavy atom. The van der Waals surface area contributed by atoms with Crippen molar-refractivity contribution in [1.82, 2.24) is 34.2 Å². The molecule has 1 saturated heterocycles. The van der Waals surface area contributed by atoms with E-state index in [0.29, 0.717) is 6.04 Å². The number of imidazole rings is 1. The van der Waals surface area contributed by atoms with Crippen molar-refractivity contribution < 1.29 is 0 Å². The van der Waals surface area contributed by atoms with Crippen molar-refractivity contribution in [3.05, 3.63) is 24.8 Å². The molecule has 5 rings (SSSR count). The SMILES string of the molecule is Cn1nccc1-c1cnc2ncn(C3CCN(CC4CC4)CC3)c2n1. The summed E-state index contributed by atoms with van der Waals surface area (Å²) in [7, 11) is 1.92. The molecule has 1 saturated carbocycles. The van der Waals surface area contributed by atoms with Crippen molar-refractivity contribution >= 4 is 11.3 Å². The van der Waals surface area contributed by atoms with Crippen LogP contribution >= 0.6 is 0 Å². The normalized spacial score (nSPS) is 19.7. The molecule has 3 aromatic heterocycles. The zero-order chi connectivity index (χ0) is 16.8. The number of aromatic nitrogens is 6. The molecule has 0 radical (unpaired) electrons. The molecule has 2 aliphatic rings. The van der Waals surface area contributed by atoms with E-state index < -0.39 is 0 Å². The Morgan fingerprint density at radius 2 is 1.96 bits per heavy atom. The van der Waals surface area contributed by atoms with E-state index in [9.17, 15) is 0 Å². The van der Waals surface area contributed by atoms with E-state index in [1.807, 2.05) is 24.1 Å². The van der Waals surface area contributed by atoms with Crippen molar-refractivity contribution in [2.75, 3.05) is 19.6 Å². The monoisotopic (exact) mass is 337 g/mol. The molecule has 0 bridgehead atoms. The number of hydrogen-bond donors (Lipinski definition) is 0. The predicted octanol–water partition coefficient (Wildman–Crippen LogP) is 2.27. The number of rotatable bonds is 4. The summed E-state index contributed by atoms with van der Waals surface area (Å²) in [5.74, 6) is 0.970. The minimum atomic E-state index is 0.469. The first-order valence-corrected chi connectivity index (χ1v) is 9.18. The van der Waals surface area contributed by atoms with E-state index in [2.05, 4.69) is 24.5 Å². The van der Waals surface area contributed by atoms with Gasteiger partial charge < -0.3 is 9.47 Å². The first-order chi connectivity index (χ1) is 12.3. The Balaban J connectivity index is 1.40. The van der Waals surface area contributed by atoms with E-state index in [-0.39, 0.29) is 0 Å². The van der Waals surface area contributed by atoms with Crippen LogP contribution in [0, 0.1) is 5.92 Å². The Kier molecular flexibility index (Phi) is 3.55. The van der Waals surface area contributed by atoms with Gasteiger partial charge in [-0.1, -0.05) is 0 Å². The molecule has 0 spiro atoms. The van der Waals surface area contributed by atoms with Crippen LogP contribution in [0.2, 0.25) is 0 Å². The molecule has 0 aromatic carbocycles. The topological polar surface area (TPSA) is 64.7 Å². The molecule has 1 aliphatic heterocycles. The van der Waals surface area contributed by atoms with Gasteiger partial charge in [0.25, 0.3) is 0 Å². The standard InChI is InChI=1S/C18H23N7/c1-23-16(4-7-21-23)15-10-19-17-18(22-15)25(12-20-17)14-5-8-24(9-6-14)11-13-2-3-13/h4,7,10,12-14H,2-3,5-6,8-9,11H2,1H3. The van der Waals surface area contributed by atoms with E-state index in [1.54, 1.807) is 12.4 Å². The van der Waals surface area contributed by atoms with E-state index >= 15 is 0 Å². The van der Waals surface area contributed by atoms with Crippen LogP contribution in [-0.2, 0) is 7.05 Å². The number of fused-ring (bicyclic) bond motifs is 1. The van der Waals surface area contributed by atoms with Crippen LogP contribution in [0.3, 0.4) is 0 Å². The van der Waals surface area contributed by atoms with Gasteiger partial charge in [-0.3, -0.25) is 4.68 Å². The van der Waals surface area contributed by atoms with Crippen LogP contribution in [-0.4, -0.2) is 53.8 Å². The molecule has 2 fully saturated rings. The van der Waals surface area contributed by atoms with E-state index in [4.69, 9.17) is 4.98 Å². The lowest BCUT2D eigenvalue weighted by molar-refractivity contribution is 0.182. The average molecular weight is 337 g/mol. The van der Waals surface area contributed by atoms with Gasteiger partial charge in [0.05, 0.1) is 18.2 Å². The fourth-order valence-electron chi connectivity index (χ4n) is 3.87. The quantitative estimate of drug-likeness (QED) is 0.731. The molecule has 25 heavy (non-hydrogen) atoms. The summed E-state index contributed by atoms with van der Waals surface area (Å²) in [5, 5.41) is 4.23. The van der Waals surface area contributed by atoms with Gasteiger partial charge in [-0.2, -0.15) is 5.10 Å². The molecule has 0 N–H and O–H groups in total. The minimum absolute atomic E-state index is 0.469. The zero-order valence-electron chi connectivity index (χ0n) is 14.5. The first-order valence-electron chi connectivity index (χ1n) is 9.18. The van der Waals surface area contributed by atoms with Gasteiger partial charge in [0.1, 0.15) is 5.69 Å². The summed E-state index contributed by atoms with van der Waals surface area (Å²) < 4.78 is 4.06.